The second-order valence-corrected chi connectivity index (χ2v) is 5.26. The first-order valence-electron chi connectivity index (χ1n) is 7.00. The molecular formula is C16H23N3O. The Balaban J connectivity index is 2.31. The molecule has 2 rings (SSSR count). The minimum Gasteiger partial charge on any atom is -0.484 e. The molecule has 1 aromatic heterocycles. The molecule has 0 spiro atoms. The molecule has 0 aliphatic rings. The van der Waals surface area contributed by atoms with Crippen molar-refractivity contribution in [2.45, 2.75) is 39.3 Å². The molecule has 2 aromatic rings. The average Bonchev–Trinajstić information content (AvgIpc) is 2.86. The maximum Gasteiger partial charge on any atom is 0.142 e. The van der Waals surface area contributed by atoms with Crippen molar-refractivity contribution in [1.82, 2.24) is 9.78 Å². The third-order valence-electron chi connectivity index (χ3n) is 3.72. The lowest BCUT2D eigenvalue weighted by Crippen LogP contribution is -2.31. The van der Waals surface area contributed by atoms with Crippen LogP contribution in [0.3, 0.4) is 0 Å². The van der Waals surface area contributed by atoms with Crippen molar-refractivity contribution in [2.75, 3.05) is 0 Å². The van der Waals surface area contributed by atoms with Crippen molar-refractivity contribution < 1.29 is 4.74 Å². The van der Waals surface area contributed by atoms with Crippen molar-refractivity contribution in [3.8, 4) is 5.75 Å². The van der Waals surface area contributed by atoms with Crippen LogP contribution >= 0.6 is 0 Å². The van der Waals surface area contributed by atoms with Gasteiger partial charge in [0.1, 0.15) is 11.9 Å². The van der Waals surface area contributed by atoms with Gasteiger partial charge < -0.3 is 10.5 Å². The van der Waals surface area contributed by atoms with E-state index in [9.17, 15) is 0 Å². The Morgan fingerprint density at radius 2 is 2.10 bits per heavy atom. The SMILES string of the molecule is CCC(N)C(Oc1cccc(C)c1C)c1cnn(C)c1. The van der Waals surface area contributed by atoms with Gasteiger partial charge in [0.25, 0.3) is 0 Å². The highest BCUT2D eigenvalue weighted by Crippen LogP contribution is 2.28. The van der Waals surface area contributed by atoms with Crippen molar-refractivity contribution in [3.05, 3.63) is 47.3 Å². The highest BCUT2D eigenvalue weighted by molar-refractivity contribution is 5.38. The molecule has 0 saturated carbocycles. The molecule has 0 aliphatic heterocycles. The van der Waals surface area contributed by atoms with Crippen LogP contribution in [-0.4, -0.2) is 15.8 Å². The van der Waals surface area contributed by atoms with E-state index in [4.69, 9.17) is 10.5 Å². The van der Waals surface area contributed by atoms with Crippen molar-refractivity contribution in [3.63, 3.8) is 0 Å². The van der Waals surface area contributed by atoms with Gasteiger partial charge in [0.05, 0.1) is 6.20 Å². The number of ether oxygens (including phenoxy) is 1. The minimum atomic E-state index is -0.172. The Morgan fingerprint density at radius 1 is 1.35 bits per heavy atom. The molecule has 0 saturated heterocycles. The van der Waals surface area contributed by atoms with Crippen LogP contribution in [0.4, 0.5) is 0 Å². The fourth-order valence-electron chi connectivity index (χ4n) is 2.19. The summed E-state index contributed by atoms with van der Waals surface area (Å²) in [6.45, 7) is 6.23. The van der Waals surface area contributed by atoms with Crippen LogP contribution in [0.2, 0.25) is 0 Å². The number of aromatic nitrogens is 2. The molecule has 0 amide bonds. The second-order valence-electron chi connectivity index (χ2n) is 5.26. The second kappa shape index (κ2) is 6.09. The third-order valence-corrected chi connectivity index (χ3v) is 3.72. The van der Waals surface area contributed by atoms with Gasteiger partial charge in [-0.1, -0.05) is 19.1 Å². The Hall–Kier alpha value is -1.81. The summed E-state index contributed by atoms with van der Waals surface area (Å²) in [4.78, 5) is 0. The number of nitrogens with two attached hydrogens (primary N) is 1. The minimum absolute atomic E-state index is 0.0564. The lowest BCUT2D eigenvalue weighted by atomic mass is 10.0. The zero-order chi connectivity index (χ0) is 14.7. The maximum atomic E-state index is 6.23. The standard InChI is InChI=1S/C16H23N3O/c1-5-14(17)16(13-9-18-19(4)10-13)20-15-8-6-7-11(2)12(15)3/h6-10,14,16H,5,17H2,1-4H3. The van der Waals surface area contributed by atoms with E-state index in [-0.39, 0.29) is 12.1 Å². The molecule has 2 unspecified atom stereocenters. The molecule has 108 valence electrons. The predicted molar refractivity (Wildman–Crippen MR) is 80.8 cm³/mol. The van der Waals surface area contributed by atoms with E-state index in [0.717, 1.165) is 23.3 Å². The Labute approximate surface area is 120 Å². The van der Waals surface area contributed by atoms with Gasteiger partial charge in [-0.25, -0.2) is 0 Å². The molecule has 1 aromatic carbocycles. The number of rotatable bonds is 5. The first-order chi connectivity index (χ1) is 9.52. The lowest BCUT2D eigenvalue weighted by Gasteiger charge is -2.24. The summed E-state index contributed by atoms with van der Waals surface area (Å²) in [7, 11) is 1.90. The summed E-state index contributed by atoms with van der Waals surface area (Å²) in [5.74, 6) is 0.891. The van der Waals surface area contributed by atoms with Crippen LogP contribution in [0, 0.1) is 13.8 Å². The molecule has 4 nitrogen and oxygen atoms in total. The van der Waals surface area contributed by atoms with Gasteiger partial charge in [-0.05, 0) is 37.5 Å². The maximum absolute atomic E-state index is 6.23. The quantitative estimate of drug-likeness (QED) is 0.911. The average molecular weight is 273 g/mol. The zero-order valence-corrected chi connectivity index (χ0v) is 12.6. The molecule has 0 radical (unpaired) electrons. The summed E-state index contributed by atoms with van der Waals surface area (Å²) in [5, 5.41) is 4.22. The van der Waals surface area contributed by atoms with Gasteiger partial charge in [0, 0.05) is 24.8 Å². The van der Waals surface area contributed by atoms with E-state index in [0.29, 0.717) is 0 Å². The highest BCUT2D eigenvalue weighted by Gasteiger charge is 2.22. The fraction of sp³-hybridized carbons (Fsp3) is 0.438. The fourth-order valence-corrected chi connectivity index (χ4v) is 2.19. The van der Waals surface area contributed by atoms with Gasteiger partial charge in [0.2, 0.25) is 0 Å². The Bertz CT molecular complexity index is 577. The number of hydrogen-bond donors (Lipinski definition) is 1. The molecular weight excluding hydrogens is 250 g/mol. The number of benzene rings is 1. The topological polar surface area (TPSA) is 53.1 Å². The summed E-state index contributed by atoms with van der Waals surface area (Å²) in [6.07, 6.45) is 4.47. The Morgan fingerprint density at radius 3 is 2.70 bits per heavy atom. The monoisotopic (exact) mass is 273 g/mol. The van der Waals surface area contributed by atoms with E-state index in [1.165, 1.54) is 5.56 Å². The van der Waals surface area contributed by atoms with Crippen LogP contribution in [-0.2, 0) is 7.05 Å². The van der Waals surface area contributed by atoms with E-state index < -0.39 is 0 Å². The molecule has 2 atom stereocenters. The van der Waals surface area contributed by atoms with Gasteiger partial charge >= 0.3 is 0 Å². The summed E-state index contributed by atoms with van der Waals surface area (Å²) >= 11 is 0. The van der Waals surface area contributed by atoms with Crippen LogP contribution in [0.1, 0.15) is 36.1 Å². The molecule has 2 N–H and O–H groups in total. The van der Waals surface area contributed by atoms with E-state index >= 15 is 0 Å². The first-order valence-corrected chi connectivity index (χ1v) is 7.00. The van der Waals surface area contributed by atoms with Crippen molar-refractivity contribution in [1.29, 1.82) is 0 Å². The van der Waals surface area contributed by atoms with E-state index in [1.807, 2.05) is 31.6 Å². The van der Waals surface area contributed by atoms with E-state index in [2.05, 4.69) is 31.9 Å². The van der Waals surface area contributed by atoms with Crippen molar-refractivity contribution in [2.24, 2.45) is 12.8 Å². The number of nitrogens with zero attached hydrogens (tertiary/aromatic N) is 2. The summed E-state index contributed by atoms with van der Waals surface area (Å²) in [6, 6.07) is 6.03. The molecule has 20 heavy (non-hydrogen) atoms. The van der Waals surface area contributed by atoms with Gasteiger partial charge in [-0.15, -0.1) is 0 Å². The highest BCUT2D eigenvalue weighted by atomic mass is 16.5. The lowest BCUT2D eigenvalue weighted by molar-refractivity contribution is 0.169. The number of hydrogen-bond acceptors (Lipinski definition) is 3. The first kappa shape index (κ1) is 14.6. The normalized spacial score (nSPS) is 14.1. The molecule has 1 heterocycles. The third kappa shape index (κ3) is 3.02. The van der Waals surface area contributed by atoms with Crippen molar-refractivity contribution >= 4 is 0 Å². The molecule has 0 fully saturated rings. The smallest absolute Gasteiger partial charge is 0.142 e. The largest absolute Gasteiger partial charge is 0.484 e. The summed E-state index contributed by atoms with van der Waals surface area (Å²) < 4.78 is 7.97. The van der Waals surface area contributed by atoms with E-state index in [1.54, 1.807) is 4.68 Å². The van der Waals surface area contributed by atoms with Gasteiger partial charge in [0.15, 0.2) is 0 Å². The van der Waals surface area contributed by atoms with Crippen LogP contribution in [0.25, 0.3) is 0 Å². The Kier molecular flexibility index (Phi) is 4.45. The molecule has 0 bridgehead atoms. The van der Waals surface area contributed by atoms with Gasteiger partial charge in [-0.2, -0.15) is 5.10 Å². The van der Waals surface area contributed by atoms with Gasteiger partial charge in [-0.3, -0.25) is 4.68 Å². The summed E-state index contributed by atoms with van der Waals surface area (Å²) in [5.41, 5.74) is 9.63. The predicted octanol–water partition coefficient (Wildman–Crippen LogP) is 2.89. The van der Waals surface area contributed by atoms with Crippen LogP contribution in [0.15, 0.2) is 30.6 Å². The number of aryl methyl sites for hydroxylation is 2. The molecule has 0 aliphatic carbocycles. The molecule has 4 heteroatoms. The van der Waals surface area contributed by atoms with Crippen LogP contribution in [0.5, 0.6) is 5.75 Å². The zero-order valence-electron chi connectivity index (χ0n) is 12.6. The van der Waals surface area contributed by atoms with Crippen LogP contribution < -0.4 is 10.5 Å².